The summed E-state index contributed by atoms with van der Waals surface area (Å²) in [5, 5.41) is 3.68. The Hall–Kier alpha value is -4.19. The van der Waals surface area contributed by atoms with E-state index in [1.807, 2.05) is 26.8 Å². The van der Waals surface area contributed by atoms with Crippen LogP contribution in [-0.4, -0.2) is 18.3 Å². The van der Waals surface area contributed by atoms with Gasteiger partial charge in [0.05, 0.1) is 12.9 Å². The number of amides is 1. The van der Waals surface area contributed by atoms with E-state index in [0.717, 1.165) is 27.6 Å². The van der Waals surface area contributed by atoms with Gasteiger partial charge in [-0.25, -0.2) is 4.39 Å². The van der Waals surface area contributed by atoms with Gasteiger partial charge in [-0.05, 0) is 81.3 Å². The minimum Gasteiger partial charge on any atom is -0.493 e. The number of nitrogens with one attached hydrogen (secondary N) is 1. The fourth-order valence-corrected chi connectivity index (χ4v) is 4.03. The fraction of sp³-hybridized carbons (Fsp3) is 0.172. The average Bonchev–Trinajstić information content (AvgIpc) is 3.26. The number of hydrogen-bond acceptors (Lipinski definition) is 4. The molecule has 0 aliphatic carbocycles. The molecule has 3 aromatic carbocycles. The van der Waals surface area contributed by atoms with Crippen molar-refractivity contribution < 1.29 is 23.1 Å². The first kappa shape index (κ1) is 24.0. The lowest BCUT2D eigenvalue weighted by atomic mass is 9.96. The van der Waals surface area contributed by atoms with Crippen molar-refractivity contribution in [1.82, 2.24) is 0 Å². The molecule has 0 saturated heterocycles. The second-order valence-corrected chi connectivity index (χ2v) is 8.29. The van der Waals surface area contributed by atoms with Crippen LogP contribution in [0.15, 0.2) is 71.4 Å². The summed E-state index contributed by atoms with van der Waals surface area (Å²) >= 11 is 0. The van der Waals surface area contributed by atoms with Gasteiger partial charge in [0.25, 0.3) is 0 Å². The third-order valence-corrected chi connectivity index (χ3v) is 5.82. The van der Waals surface area contributed by atoms with Crippen molar-refractivity contribution in [3.05, 3.63) is 89.4 Å². The van der Waals surface area contributed by atoms with Gasteiger partial charge >= 0.3 is 0 Å². The summed E-state index contributed by atoms with van der Waals surface area (Å²) in [6.07, 6.45) is 3.17. The molecule has 1 aromatic heterocycles. The van der Waals surface area contributed by atoms with E-state index in [1.165, 1.54) is 25.1 Å². The summed E-state index contributed by atoms with van der Waals surface area (Å²) in [4.78, 5) is 24.2. The van der Waals surface area contributed by atoms with E-state index in [1.54, 1.807) is 42.7 Å². The van der Waals surface area contributed by atoms with Gasteiger partial charge in [0, 0.05) is 39.4 Å². The Balaban J connectivity index is 1.72. The van der Waals surface area contributed by atoms with Gasteiger partial charge in [-0.1, -0.05) is 12.1 Å². The molecule has 0 saturated carbocycles. The molecule has 0 aliphatic rings. The maximum atomic E-state index is 13.4. The highest BCUT2D eigenvalue weighted by atomic mass is 19.1. The van der Waals surface area contributed by atoms with E-state index in [9.17, 15) is 14.0 Å². The number of ether oxygens (including phenoxy) is 1. The number of rotatable bonds is 7. The van der Waals surface area contributed by atoms with Crippen molar-refractivity contribution in [3.8, 4) is 16.9 Å². The molecule has 0 aliphatic heterocycles. The van der Waals surface area contributed by atoms with Gasteiger partial charge in [-0.2, -0.15) is 0 Å². The molecule has 4 aromatic rings. The van der Waals surface area contributed by atoms with E-state index in [4.69, 9.17) is 9.15 Å². The molecule has 0 unspecified atom stereocenters. The highest BCUT2D eigenvalue weighted by Crippen LogP contribution is 2.40. The van der Waals surface area contributed by atoms with Gasteiger partial charge in [0.15, 0.2) is 5.78 Å². The van der Waals surface area contributed by atoms with Crippen LogP contribution in [0.4, 0.5) is 10.1 Å². The van der Waals surface area contributed by atoms with Gasteiger partial charge in [0.2, 0.25) is 5.91 Å². The first-order chi connectivity index (χ1) is 16.8. The van der Waals surface area contributed by atoms with Crippen LogP contribution in [-0.2, 0) is 4.79 Å². The van der Waals surface area contributed by atoms with Crippen molar-refractivity contribution in [2.24, 2.45) is 0 Å². The SMILES string of the molecule is CCOc1c(/C(C)=C/C(=O)Nc2ccc(C(C)=O)cc2)cc2c(-c3ccc(F)cc3)coc2c1C. The molecule has 4 rings (SSSR count). The summed E-state index contributed by atoms with van der Waals surface area (Å²) < 4.78 is 25.3. The number of benzene rings is 3. The Kier molecular flexibility index (Phi) is 6.82. The molecular weight excluding hydrogens is 445 g/mol. The highest BCUT2D eigenvalue weighted by Gasteiger charge is 2.19. The van der Waals surface area contributed by atoms with Crippen LogP contribution in [0.1, 0.15) is 42.3 Å². The minimum absolute atomic E-state index is 0.0351. The molecule has 1 amide bonds. The zero-order valence-electron chi connectivity index (χ0n) is 20.1. The third-order valence-electron chi connectivity index (χ3n) is 5.82. The maximum absolute atomic E-state index is 13.4. The average molecular weight is 472 g/mol. The first-order valence-electron chi connectivity index (χ1n) is 11.3. The maximum Gasteiger partial charge on any atom is 0.248 e. The number of aryl methyl sites for hydroxylation is 1. The lowest BCUT2D eigenvalue weighted by molar-refractivity contribution is -0.111. The molecule has 0 fully saturated rings. The van der Waals surface area contributed by atoms with E-state index in [2.05, 4.69) is 5.32 Å². The van der Waals surface area contributed by atoms with Crippen molar-refractivity contribution >= 4 is 33.9 Å². The first-order valence-corrected chi connectivity index (χ1v) is 11.3. The number of halogens is 1. The summed E-state index contributed by atoms with van der Waals surface area (Å²) in [5.74, 6) is 0.00135. The molecule has 1 heterocycles. The molecule has 5 nitrogen and oxygen atoms in total. The zero-order valence-corrected chi connectivity index (χ0v) is 20.1. The molecule has 6 heteroatoms. The number of carbonyl (C=O) groups excluding carboxylic acids is 2. The second-order valence-electron chi connectivity index (χ2n) is 8.29. The van der Waals surface area contributed by atoms with Crippen LogP contribution in [0.25, 0.3) is 27.7 Å². The van der Waals surface area contributed by atoms with E-state index < -0.39 is 0 Å². The third kappa shape index (κ3) is 5.01. The number of ketones is 1. The Morgan fingerprint density at radius 2 is 1.74 bits per heavy atom. The Morgan fingerprint density at radius 1 is 1.06 bits per heavy atom. The number of allylic oxidation sites excluding steroid dienone is 1. The van der Waals surface area contributed by atoms with Crippen LogP contribution in [0.2, 0.25) is 0 Å². The van der Waals surface area contributed by atoms with Crippen LogP contribution < -0.4 is 10.1 Å². The molecule has 0 atom stereocenters. The summed E-state index contributed by atoms with van der Waals surface area (Å²) in [6, 6.07) is 14.9. The number of fused-ring (bicyclic) bond motifs is 1. The predicted molar refractivity (Wildman–Crippen MR) is 136 cm³/mol. The van der Waals surface area contributed by atoms with Crippen LogP contribution in [0.3, 0.4) is 0 Å². The fourth-order valence-electron chi connectivity index (χ4n) is 4.03. The predicted octanol–water partition coefficient (Wildman–Crippen LogP) is 7.19. The molecule has 0 spiro atoms. The second kappa shape index (κ2) is 9.97. The van der Waals surface area contributed by atoms with Crippen LogP contribution >= 0.6 is 0 Å². The molecule has 178 valence electrons. The van der Waals surface area contributed by atoms with Crippen molar-refractivity contribution in [2.75, 3.05) is 11.9 Å². The highest BCUT2D eigenvalue weighted by molar-refractivity contribution is 6.06. The van der Waals surface area contributed by atoms with Gasteiger partial charge < -0.3 is 14.5 Å². The monoisotopic (exact) mass is 471 g/mol. The number of carbonyl (C=O) groups is 2. The number of anilines is 1. The van der Waals surface area contributed by atoms with Crippen molar-refractivity contribution in [1.29, 1.82) is 0 Å². The van der Waals surface area contributed by atoms with Crippen molar-refractivity contribution in [3.63, 3.8) is 0 Å². The molecule has 35 heavy (non-hydrogen) atoms. The van der Waals surface area contributed by atoms with E-state index in [-0.39, 0.29) is 17.5 Å². The lowest BCUT2D eigenvalue weighted by Crippen LogP contribution is -2.09. The Morgan fingerprint density at radius 3 is 2.37 bits per heavy atom. The van der Waals surface area contributed by atoms with Gasteiger partial charge in [0.1, 0.15) is 17.1 Å². The smallest absolute Gasteiger partial charge is 0.248 e. The topological polar surface area (TPSA) is 68.5 Å². The summed E-state index contributed by atoms with van der Waals surface area (Å²) in [7, 11) is 0. The Labute approximate surface area is 203 Å². The molecule has 0 radical (unpaired) electrons. The van der Waals surface area contributed by atoms with E-state index >= 15 is 0 Å². The van der Waals surface area contributed by atoms with Crippen LogP contribution in [0, 0.1) is 12.7 Å². The largest absolute Gasteiger partial charge is 0.493 e. The van der Waals surface area contributed by atoms with Gasteiger partial charge in [-0.3, -0.25) is 9.59 Å². The molecule has 1 N–H and O–H groups in total. The standard InChI is InChI=1S/C29H26FNO4/c1-5-34-28-18(3)29-25(26(16-35-29)21-6-10-22(30)11-7-21)15-24(28)17(2)14-27(33)31-23-12-8-20(9-13-23)19(4)32/h6-16H,5H2,1-4H3,(H,31,33)/b17-14+. The van der Waals surface area contributed by atoms with Gasteiger partial charge in [-0.15, -0.1) is 0 Å². The van der Waals surface area contributed by atoms with Crippen molar-refractivity contribution in [2.45, 2.75) is 27.7 Å². The van der Waals surface area contributed by atoms with Crippen LogP contribution in [0.5, 0.6) is 5.75 Å². The number of Topliss-reactive ketones (excluding diaryl/α,β-unsaturated/α-hetero) is 1. The molecule has 0 bridgehead atoms. The number of hydrogen-bond donors (Lipinski definition) is 1. The zero-order chi connectivity index (χ0) is 25.1. The summed E-state index contributed by atoms with van der Waals surface area (Å²) in [6.45, 7) is 7.61. The number of furan rings is 1. The summed E-state index contributed by atoms with van der Waals surface area (Å²) in [5.41, 5.74) is 5.81. The normalized spacial score (nSPS) is 11.5. The van der Waals surface area contributed by atoms with E-state index in [0.29, 0.717) is 34.8 Å². The lowest BCUT2D eigenvalue weighted by Gasteiger charge is -2.15. The molecular formula is C29H26FNO4. The minimum atomic E-state index is -0.308. The quantitative estimate of drug-likeness (QED) is 0.229. The Bertz CT molecular complexity index is 1430.